The average molecular weight is 643 g/mol. The molecule has 46 heavy (non-hydrogen) atoms. The van der Waals surface area contributed by atoms with Crippen LogP contribution < -0.4 is 0 Å². The van der Waals surface area contributed by atoms with Gasteiger partial charge >= 0.3 is 11.9 Å². The predicted octanol–water partition coefficient (Wildman–Crippen LogP) is 11.6. The second-order valence-corrected chi connectivity index (χ2v) is 12.3. The van der Waals surface area contributed by atoms with Crippen molar-refractivity contribution in [2.45, 2.75) is 174 Å². The zero-order valence-corrected chi connectivity index (χ0v) is 29.8. The van der Waals surface area contributed by atoms with Crippen LogP contribution in [0.25, 0.3) is 0 Å². The minimum atomic E-state index is -0.802. The topological polar surface area (TPSA) is 72.8 Å². The highest BCUT2D eigenvalue weighted by atomic mass is 16.6. The molecule has 0 heterocycles. The van der Waals surface area contributed by atoms with Gasteiger partial charge in [-0.2, -0.15) is 0 Å². The van der Waals surface area contributed by atoms with Gasteiger partial charge in [0, 0.05) is 12.8 Å². The number of allylic oxidation sites excluding steroid dienone is 10. The summed E-state index contributed by atoms with van der Waals surface area (Å²) in [6.45, 7) is 4.03. The molecule has 0 radical (unpaired) electrons. The van der Waals surface area contributed by atoms with Crippen LogP contribution in [0, 0.1) is 0 Å². The molecule has 0 fully saturated rings. The van der Waals surface area contributed by atoms with E-state index in [0.29, 0.717) is 12.8 Å². The highest BCUT2D eigenvalue weighted by Gasteiger charge is 2.15. The smallest absolute Gasteiger partial charge is 0.306 e. The summed E-state index contributed by atoms with van der Waals surface area (Å²) in [6.07, 6.45) is 47.0. The Kier molecular flexibility index (Phi) is 35.1. The minimum Gasteiger partial charge on any atom is -0.462 e. The van der Waals surface area contributed by atoms with Gasteiger partial charge in [-0.1, -0.05) is 139 Å². The van der Waals surface area contributed by atoms with E-state index >= 15 is 0 Å². The summed E-state index contributed by atoms with van der Waals surface area (Å²) < 4.78 is 10.5. The lowest BCUT2D eigenvalue weighted by Gasteiger charge is -2.15. The van der Waals surface area contributed by atoms with Crippen LogP contribution in [0.2, 0.25) is 0 Å². The number of aliphatic hydroxyl groups is 1. The monoisotopic (exact) mass is 643 g/mol. The number of esters is 2. The first-order valence-corrected chi connectivity index (χ1v) is 18.8. The lowest BCUT2D eigenvalue weighted by molar-refractivity contribution is -0.161. The Morgan fingerprint density at radius 2 is 0.891 bits per heavy atom. The van der Waals surface area contributed by atoms with Crippen molar-refractivity contribution in [1.82, 2.24) is 0 Å². The molecule has 264 valence electrons. The van der Waals surface area contributed by atoms with Crippen LogP contribution in [0.1, 0.15) is 168 Å². The molecule has 0 unspecified atom stereocenters. The standard InChI is InChI=1S/C41H70O5/c1-3-5-7-9-11-13-15-17-19-20-22-24-26-28-30-32-34-36-41(44)46-39(37-42)38-45-40(43)35-33-31-29-27-25-23-21-18-16-14-12-10-8-6-4-2/h11,13-14,16-17,19,22,24,28,30,39,42H,3-10,12,15,18,20-21,23,25-27,29,31-38H2,1-2H3/b13-11+,16-14+,19-17+,24-22+,30-28+/t39-/m0/s1. The van der Waals surface area contributed by atoms with Crippen LogP contribution in [0.4, 0.5) is 0 Å². The number of carbonyl (C=O) groups excluding carboxylic acids is 2. The van der Waals surface area contributed by atoms with E-state index in [2.05, 4.69) is 74.6 Å². The Morgan fingerprint density at radius 3 is 1.43 bits per heavy atom. The molecule has 0 aromatic heterocycles. The Balaban J connectivity index is 3.69. The van der Waals surface area contributed by atoms with Gasteiger partial charge in [0.1, 0.15) is 6.61 Å². The van der Waals surface area contributed by atoms with E-state index in [9.17, 15) is 14.7 Å². The maximum absolute atomic E-state index is 12.1. The second kappa shape index (κ2) is 37.1. The van der Waals surface area contributed by atoms with Crippen molar-refractivity contribution in [3.8, 4) is 0 Å². The predicted molar refractivity (Wildman–Crippen MR) is 196 cm³/mol. The van der Waals surface area contributed by atoms with E-state index in [4.69, 9.17) is 9.47 Å². The zero-order chi connectivity index (χ0) is 33.6. The molecule has 0 bridgehead atoms. The van der Waals surface area contributed by atoms with Gasteiger partial charge in [-0.05, 0) is 77.0 Å². The van der Waals surface area contributed by atoms with Crippen LogP contribution in [0.5, 0.6) is 0 Å². The number of ether oxygens (including phenoxy) is 2. The van der Waals surface area contributed by atoms with Gasteiger partial charge < -0.3 is 14.6 Å². The molecule has 0 rings (SSSR count). The van der Waals surface area contributed by atoms with Crippen molar-refractivity contribution in [3.05, 3.63) is 60.8 Å². The summed E-state index contributed by atoms with van der Waals surface area (Å²) in [7, 11) is 0. The van der Waals surface area contributed by atoms with Crippen LogP contribution >= 0.6 is 0 Å². The first kappa shape index (κ1) is 43.6. The summed E-state index contributed by atoms with van der Waals surface area (Å²) in [4.78, 5) is 24.2. The van der Waals surface area contributed by atoms with Crippen LogP contribution in [-0.2, 0) is 19.1 Å². The molecule has 5 heteroatoms. The summed E-state index contributed by atoms with van der Waals surface area (Å²) in [5, 5.41) is 9.53. The normalized spacial score (nSPS) is 12.8. The number of hydrogen-bond acceptors (Lipinski definition) is 5. The van der Waals surface area contributed by atoms with Crippen molar-refractivity contribution < 1.29 is 24.2 Å². The van der Waals surface area contributed by atoms with Crippen LogP contribution in [0.3, 0.4) is 0 Å². The lowest BCUT2D eigenvalue weighted by atomic mass is 10.1. The van der Waals surface area contributed by atoms with Crippen LogP contribution in [-0.4, -0.2) is 36.4 Å². The van der Waals surface area contributed by atoms with Crippen molar-refractivity contribution in [3.63, 3.8) is 0 Å². The van der Waals surface area contributed by atoms with Gasteiger partial charge in [0.05, 0.1) is 6.61 Å². The molecule has 0 aliphatic heterocycles. The second-order valence-electron chi connectivity index (χ2n) is 12.3. The molecule has 5 nitrogen and oxygen atoms in total. The van der Waals surface area contributed by atoms with E-state index in [1.165, 1.54) is 89.9 Å². The number of hydrogen-bond donors (Lipinski definition) is 1. The summed E-state index contributed by atoms with van der Waals surface area (Å²) in [6, 6.07) is 0. The fraction of sp³-hybridized carbons (Fsp3) is 0.707. The van der Waals surface area contributed by atoms with Crippen molar-refractivity contribution in [2.75, 3.05) is 13.2 Å². The highest BCUT2D eigenvalue weighted by Crippen LogP contribution is 2.12. The third-order valence-corrected chi connectivity index (χ3v) is 7.78. The summed E-state index contributed by atoms with van der Waals surface area (Å²) in [5.41, 5.74) is 0. The zero-order valence-electron chi connectivity index (χ0n) is 29.8. The molecule has 0 aromatic carbocycles. The fourth-order valence-corrected chi connectivity index (χ4v) is 4.89. The van der Waals surface area contributed by atoms with E-state index in [0.717, 1.165) is 44.9 Å². The summed E-state index contributed by atoms with van der Waals surface area (Å²) in [5.74, 6) is -0.666. The van der Waals surface area contributed by atoms with Crippen molar-refractivity contribution in [1.29, 1.82) is 0 Å². The van der Waals surface area contributed by atoms with Gasteiger partial charge in [-0.25, -0.2) is 0 Å². The van der Waals surface area contributed by atoms with Gasteiger partial charge in [-0.15, -0.1) is 0 Å². The van der Waals surface area contributed by atoms with E-state index in [1.54, 1.807) is 0 Å². The molecule has 0 saturated heterocycles. The molecule has 0 amide bonds. The first-order valence-electron chi connectivity index (χ1n) is 18.8. The molecule has 0 aliphatic rings. The molecule has 0 saturated carbocycles. The number of unbranched alkanes of at least 4 members (excludes halogenated alkanes) is 15. The highest BCUT2D eigenvalue weighted by molar-refractivity contribution is 5.70. The van der Waals surface area contributed by atoms with Gasteiger partial charge in [0.2, 0.25) is 0 Å². The number of rotatable bonds is 33. The van der Waals surface area contributed by atoms with Crippen molar-refractivity contribution >= 4 is 11.9 Å². The Bertz CT molecular complexity index is 823. The maximum atomic E-state index is 12.1. The molecular formula is C41H70O5. The Labute approximate surface area is 283 Å². The minimum absolute atomic E-state index is 0.0918. The Hall–Kier alpha value is -2.40. The van der Waals surface area contributed by atoms with Gasteiger partial charge in [0.25, 0.3) is 0 Å². The number of carbonyl (C=O) groups is 2. The third kappa shape index (κ3) is 34.5. The lowest BCUT2D eigenvalue weighted by Crippen LogP contribution is -2.28. The maximum Gasteiger partial charge on any atom is 0.306 e. The molecule has 0 spiro atoms. The molecule has 1 N–H and O–H groups in total. The largest absolute Gasteiger partial charge is 0.462 e. The molecule has 1 atom stereocenters. The molecular weight excluding hydrogens is 572 g/mol. The molecule has 0 aromatic rings. The van der Waals surface area contributed by atoms with Gasteiger partial charge in [-0.3, -0.25) is 9.59 Å². The quantitative estimate of drug-likeness (QED) is 0.0438. The third-order valence-electron chi connectivity index (χ3n) is 7.78. The Morgan fingerprint density at radius 1 is 0.500 bits per heavy atom. The van der Waals surface area contributed by atoms with Crippen LogP contribution in [0.15, 0.2) is 60.8 Å². The van der Waals surface area contributed by atoms with E-state index < -0.39 is 6.10 Å². The van der Waals surface area contributed by atoms with Crippen molar-refractivity contribution in [2.24, 2.45) is 0 Å². The molecule has 0 aliphatic carbocycles. The average Bonchev–Trinajstić information content (AvgIpc) is 3.06. The fourth-order valence-electron chi connectivity index (χ4n) is 4.89. The summed E-state index contributed by atoms with van der Waals surface area (Å²) >= 11 is 0. The van der Waals surface area contributed by atoms with E-state index in [-0.39, 0.29) is 31.6 Å². The van der Waals surface area contributed by atoms with Gasteiger partial charge in [0.15, 0.2) is 6.10 Å². The SMILES string of the molecule is CCCCC/C=C/C/C=C/C/C=C/C/C=C/CCCC(=O)O[C@@H](CO)COC(=O)CCCCCCCCC/C=C/CCCCCC. The number of aliphatic hydroxyl groups excluding tert-OH is 1. The first-order chi connectivity index (χ1) is 22.6. The van der Waals surface area contributed by atoms with E-state index in [1.807, 2.05) is 0 Å².